The Balaban J connectivity index is 3.60. The van der Waals surface area contributed by atoms with Crippen LogP contribution in [0.3, 0.4) is 0 Å². The minimum absolute atomic E-state index is 0.363. The lowest BCUT2D eigenvalue weighted by Crippen LogP contribution is -2.44. The molecule has 0 amide bonds. The van der Waals surface area contributed by atoms with Gasteiger partial charge in [-0.15, -0.1) is 0 Å². The third-order valence-electron chi connectivity index (χ3n) is 3.25. The molecule has 0 aromatic carbocycles. The third-order valence-corrected chi connectivity index (χ3v) is 4.57. The first-order chi connectivity index (χ1) is 9.23. The summed E-state index contributed by atoms with van der Waals surface area (Å²) in [5, 5.41) is -1.72. The summed E-state index contributed by atoms with van der Waals surface area (Å²) in [5.74, 6) is -4.24. The molecule has 0 spiro atoms. The van der Waals surface area contributed by atoms with Crippen molar-refractivity contribution >= 4 is 11.8 Å². The van der Waals surface area contributed by atoms with Crippen molar-refractivity contribution in [3.63, 3.8) is 0 Å². The number of rotatable bonds is 11. The molecule has 0 saturated heterocycles. The summed E-state index contributed by atoms with van der Waals surface area (Å²) in [5.41, 5.74) is 0. The Morgan fingerprint density at radius 1 is 0.800 bits per heavy atom. The van der Waals surface area contributed by atoms with Crippen molar-refractivity contribution in [3.05, 3.63) is 0 Å². The fourth-order valence-electron chi connectivity index (χ4n) is 1.83. The van der Waals surface area contributed by atoms with Crippen LogP contribution in [0.5, 0.6) is 0 Å². The van der Waals surface area contributed by atoms with Crippen molar-refractivity contribution in [2.75, 3.05) is 5.75 Å². The van der Waals surface area contributed by atoms with Crippen LogP contribution < -0.4 is 0 Å². The molecule has 0 aromatic rings. The van der Waals surface area contributed by atoms with E-state index in [9.17, 15) is 22.0 Å². The van der Waals surface area contributed by atoms with Crippen LogP contribution in [-0.2, 0) is 0 Å². The standard InChI is InChI=1S/C14H25F5S/c1-3-4-5-6-7-8-9-10-11-20-12(2)13(15,16)14(17,18)19/h12H,3-11H2,1-2H3. The third kappa shape index (κ3) is 7.70. The van der Waals surface area contributed by atoms with Crippen LogP contribution in [0, 0.1) is 0 Å². The van der Waals surface area contributed by atoms with Crippen LogP contribution in [0.1, 0.15) is 65.2 Å². The van der Waals surface area contributed by atoms with Gasteiger partial charge in [0, 0.05) is 0 Å². The Labute approximate surface area is 122 Å². The van der Waals surface area contributed by atoms with Gasteiger partial charge in [0.2, 0.25) is 0 Å². The molecule has 1 atom stereocenters. The van der Waals surface area contributed by atoms with Crippen molar-refractivity contribution in [3.8, 4) is 0 Å². The predicted octanol–water partition coefficient (Wildman–Crippen LogP) is 6.45. The molecular weight excluding hydrogens is 295 g/mol. The highest BCUT2D eigenvalue weighted by atomic mass is 32.2. The first-order valence-corrected chi connectivity index (χ1v) is 8.34. The molecular formula is C14H25F5S. The molecule has 6 heteroatoms. The highest BCUT2D eigenvalue weighted by Gasteiger charge is 2.60. The summed E-state index contributed by atoms with van der Waals surface area (Å²) in [6, 6.07) is 0. The van der Waals surface area contributed by atoms with Gasteiger partial charge >= 0.3 is 12.1 Å². The van der Waals surface area contributed by atoms with Crippen LogP contribution in [-0.4, -0.2) is 23.1 Å². The van der Waals surface area contributed by atoms with E-state index in [0.717, 1.165) is 26.2 Å². The van der Waals surface area contributed by atoms with Gasteiger partial charge in [-0.1, -0.05) is 51.9 Å². The van der Waals surface area contributed by atoms with Gasteiger partial charge in [-0.3, -0.25) is 0 Å². The second-order valence-electron chi connectivity index (χ2n) is 5.11. The van der Waals surface area contributed by atoms with Crippen LogP contribution >= 0.6 is 11.8 Å². The summed E-state index contributed by atoms with van der Waals surface area (Å²) in [6.07, 6.45) is 3.16. The quantitative estimate of drug-likeness (QED) is 0.311. The SMILES string of the molecule is CCCCCCCCCCSC(C)C(F)(F)C(F)(F)F. The minimum atomic E-state index is -5.45. The molecule has 0 aromatic heterocycles. The van der Waals surface area contributed by atoms with E-state index in [1.54, 1.807) is 0 Å². The molecule has 0 saturated carbocycles. The second kappa shape index (κ2) is 9.85. The Morgan fingerprint density at radius 3 is 1.70 bits per heavy atom. The van der Waals surface area contributed by atoms with Crippen molar-refractivity contribution < 1.29 is 22.0 Å². The van der Waals surface area contributed by atoms with Crippen molar-refractivity contribution in [1.29, 1.82) is 0 Å². The molecule has 1 unspecified atom stereocenters. The summed E-state index contributed by atoms with van der Waals surface area (Å²) < 4.78 is 62.1. The fourth-order valence-corrected chi connectivity index (χ4v) is 2.90. The van der Waals surface area contributed by atoms with Crippen LogP contribution in [0.2, 0.25) is 0 Å². The summed E-state index contributed by atoms with van der Waals surface area (Å²) >= 11 is 0.712. The van der Waals surface area contributed by atoms with Gasteiger partial charge in [0.25, 0.3) is 0 Å². The molecule has 122 valence electrons. The van der Waals surface area contributed by atoms with Gasteiger partial charge in [-0.25, -0.2) is 0 Å². The van der Waals surface area contributed by atoms with E-state index in [-0.39, 0.29) is 0 Å². The molecule has 0 heterocycles. The van der Waals surface area contributed by atoms with E-state index in [4.69, 9.17) is 0 Å². The van der Waals surface area contributed by atoms with E-state index in [0.29, 0.717) is 23.9 Å². The Bertz CT molecular complexity index is 240. The minimum Gasteiger partial charge on any atom is -0.195 e. The molecule has 0 aliphatic rings. The van der Waals surface area contributed by atoms with E-state index in [1.165, 1.54) is 25.7 Å². The lowest BCUT2D eigenvalue weighted by molar-refractivity contribution is -0.280. The normalized spacial score (nSPS) is 14.6. The smallest absolute Gasteiger partial charge is 0.195 e. The number of thioether (sulfide) groups is 1. The topological polar surface area (TPSA) is 0 Å². The van der Waals surface area contributed by atoms with Gasteiger partial charge < -0.3 is 0 Å². The average molecular weight is 320 g/mol. The fraction of sp³-hybridized carbons (Fsp3) is 1.00. The van der Waals surface area contributed by atoms with Crippen LogP contribution in [0.25, 0.3) is 0 Å². The Morgan fingerprint density at radius 2 is 1.25 bits per heavy atom. The lowest BCUT2D eigenvalue weighted by atomic mass is 10.1. The number of unbranched alkanes of at least 4 members (excludes halogenated alkanes) is 7. The summed E-state index contributed by atoms with van der Waals surface area (Å²) in [4.78, 5) is 0. The summed E-state index contributed by atoms with van der Waals surface area (Å²) in [6.45, 7) is 3.10. The Kier molecular flexibility index (Phi) is 9.85. The first-order valence-electron chi connectivity index (χ1n) is 7.29. The average Bonchev–Trinajstić information content (AvgIpc) is 2.35. The maximum absolute atomic E-state index is 12.9. The molecule has 0 nitrogen and oxygen atoms in total. The molecule has 0 aliphatic heterocycles. The second-order valence-corrected chi connectivity index (χ2v) is 6.56. The lowest BCUT2D eigenvalue weighted by Gasteiger charge is -2.25. The van der Waals surface area contributed by atoms with Crippen molar-refractivity contribution in [1.82, 2.24) is 0 Å². The highest BCUT2D eigenvalue weighted by Crippen LogP contribution is 2.42. The largest absolute Gasteiger partial charge is 0.454 e. The van der Waals surface area contributed by atoms with Crippen molar-refractivity contribution in [2.45, 2.75) is 82.6 Å². The molecule has 0 rings (SSSR count). The molecule has 20 heavy (non-hydrogen) atoms. The van der Waals surface area contributed by atoms with E-state index < -0.39 is 17.3 Å². The molecule has 0 radical (unpaired) electrons. The van der Waals surface area contributed by atoms with E-state index >= 15 is 0 Å². The maximum Gasteiger partial charge on any atom is 0.454 e. The molecule has 0 N–H and O–H groups in total. The summed E-state index contributed by atoms with van der Waals surface area (Å²) in [7, 11) is 0. The Hall–Kier alpha value is -0.0000000000000000555. The van der Waals surface area contributed by atoms with Gasteiger partial charge in [-0.05, 0) is 19.1 Å². The van der Waals surface area contributed by atoms with Gasteiger partial charge in [0.05, 0.1) is 5.25 Å². The number of hydrogen-bond donors (Lipinski definition) is 0. The van der Waals surface area contributed by atoms with Gasteiger partial charge in [0.15, 0.2) is 0 Å². The van der Waals surface area contributed by atoms with Crippen LogP contribution in [0.4, 0.5) is 22.0 Å². The number of hydrogen-bond acceptors (Lipinski definition) is 1. The monoisotopic (exact) mass is 320 g/mol. The number of halogens is 5. The van der Waals surface area contributed by atoms with Crippen LogP contribution in [0.15, 0.2) is 0 Å². The zero-order valence-corrected chi connectivity index (χ0v) is 13.1. The van der Waals surface area contributed by atoms with Gasteiger partial charge in [0.1, 0.15) is 0 Å². The molecule has 0 fully saturated rings. The predicted molar refractivity (Wildman–Crippen MR) is 75.5 cm³/mol. The zero-order chi connectivity index (χ0) is 15.6. The zero-order valence-electron chi connectivity index (χ0n) is 12.2. The molecule has 0 aliphatic carbocycles. The highest BCUT2D eigenvalue weighted by molar-refractivity contribution is 7.99. The first kappa shape index (κ1) is 20.0. The van der Waals surface area contributed by atoms with E-state index in [2.05, 4.69) is 6.92 Å². The molecule has 0 bridgehead atoms. The maximum atomic E-state index is 12.9. The number of alkyl halides is 5. The van der Waals surface area contributed by atoms with E-state index in [1.807, 2.05) is 0 Å². The van der Waals surface area contributed by atoms with Gasteiger partial charge in [-0.2, -0.15) is 33.7 Å². The van der Waals surface area contributed by atoms with Crippen molar-refractivity contribution in [2.24, 2.45) is 0 Å².